The highest BCUT2D eigenvalue weighted by atomic mass is 32.1. The molecule has 0 fully saturated rings. The average Bonchev–Trinajstić information content (AvgIpc) is 3.11. The number of nitrogens with one attached hydrogen (secondary N) is 2. The molecule has 1 heterocycles. The Kier molecular flexibility index (Phi) is 5.93. The Bertz CT molecular complexity index is 937. The fraction of sp³-hybridized carbons (Fsp3) is 0.150. The number of aryl methyl sites for hydroxylation is 1. The van der Waals surface area contributed by atoms with E-state index < -0.39 is 0 Å². The Balaban J connectivity index is 1.48. The van der Waals surface area contributed by atoms with Gasteiger partial charge in [-0.1, -0.05) is 29.8 Å². The number of hydrazine groups is 1. The van der Waals surface area contributed by atoms with Crippen LogP contribution in [0.1, 0.15) is 16.8 Å². The van der Waals surface area contributed by atoms with E-state index in [4.69, 9.17) is 0 Å². The van der Waals surface area contributed by atoms with Gasteiger partial charge in [-0.25, -0.2) is 9.37 Å². The molecule has 1 aromatic heterocycles. The highest BCUT2D eigenvalue weighted by molar-refractivity contribution is 7.13. The fourth-order valence-corrected chi connectivity index (χ4v) is 3.22. The van der Waals surface area contributed by atoms with Crippen molar-refractivity contribution in [3.05, 3.63) is 76.5 Å². The second-order valence-electron chi connectivity index (χ2n) is 6.09. The van der Waals surface area contributed by atoms with Crippen molar-refractivity contribution < 1.29 is 14.0 Å². The number of amides is 2. The van der Waals surface area contributed by atoms with E-state index in [1.54, 1.807) is 17.5 Å². The molecule has 5 nitrogen and oxygen atoms in total. The summed E-state index contributed by atoms with van der Waals surface area (Å²) in [6.45, 7) is 1.98. The number of halogens is 1. The van der Waals surface area contributed by atoms with Gasteiger partial charge in [0, 0.05) is 10.9 Å². The van der Waals surface area contributed by atoms with Gasteiger partial charge in [0.2, 0.25) is 11.8 Å². The van der Waals surface area contributed by atoms with E-state index in [9.17, 15) is 14.0 Å². The summed E-state index contributed by atoms with van der Waals surface area (Å²) in [6, 6.07) is 13.6. The van der Waals surface area contributed by atoms with Crippen molar-refractivity contribution in [2.75, 3.05) is 0 Å². The van der Waals surface area contributed by atoms with Gasteiger partial charge in [-0.3, -0.25) is 20.4 Å². The predicted molar refractivity (Wildman–Crippen MR) is 102 cm³/mol. The number of hydrogen-bond donors (Lipinski definition) is 2. The van der Waals surface area contributed by atoms with E-state index in [1.165, 1.54) is 23.5 Å². The van der Waals surface area contributed by atoms with E-state index in [0.717, 1.165) is 16.7 Å². The van der Waals surface area contributed by atoms with Gasteiger partial charge in [-0.15, -0.1) is 11.3 Å². The highest BCUT2D eigenvalue weighted by Gasteiger charge is 2.10. The lowest BCUT2D eigenvalue weighted by molar-refractivity contribution is -0.128. The molecular weight excluding hydrogens is 365 g/mol. The largest absolute Gasteiger partial charge is 0.273 e. The lowest BCUT2D eigenvalue weighted by atomic mass is 10.1. The topological polar surface area (TPSA) is 71.1 Å². The molecule has 2 amide bonds. The Morgan fingerprint density at radius 3 is 2.26 bits per heavy atom. The first-order valence-electron chi connectivity index (χ1n) is 8.33. The van der Waals surface area contributed by atoms with Crippen LogP contribution in [0.15, 0.2) is 53.9 Å². The van der Waals surface area contributed by atoms with Crippen LogP contribution in [0.3, 0.4) is 0 Å². The van der Waals surface area contributed by atoms with Crippen LogP contribution in [0.2, 0.25) is 0 Å². The average molecular weight is 383 g/mol. The van der Waals surface area contributed by atoms with Crippen LogP contribution in [0, 0.1) is 12.7 Å². The molecule has 0 aliphatic rings. The molecule has 7 heteroatoms. The third-order valence-corrected chi connectivity index (χ3v) is 4.75. The van der Waals surface area contributed by atoms with Gasteiger partial charge >= 0.3 is 0 Å². The summed E-state index contributed by atoms with van der Waals surface area (Å²) in [4.78, 5) is 28.3. The van der Waals surface area contributed by atoms with Crippen molar-refractivity contribution in [3.8, 4) is 10.6 Å². The van der Waals surface area contributed by atoms with Crippen LogP contribution in [0.25, 0.3) is 10.6 Å². The summed E-state index contributed by atoms with van der Waals surface area (Å²) in [5.41, 5.74) is 8.17. The molecule has 0 saturated heterocycles. The number of aromatic nitrogens is 1. The van der Waals surface area contributed by atoms with Gasteiger partial charge in [-0.2, -0.15) is 0 Å². The van der Waals surface area contributed by atoms with Crippen molar-refractivity contribution in [3.63, 3.8) is 0 Å². The fourth-order valence-electron chi connectivity index (χ4n) is 2.40. The van der Waals surface area contributed by atoms with Crippen LogP contribution in [-0.4, -0.2) is 16.8 Å². The monoisotopic (exact) mass is 383 g/mol. The molecular formula is C20H18FN3O2S. The van der Waals surface area contributed by atoms with E-state index in [1.807, 2.05) is 31.2 Å². The lowest BCUT2D eigenvalue weighted by Crippen LogP contribution is -2.43. The number of thiazole rings is 1. The highest BCUT2D eigenvalue weighted by Crippen LogP contribution is 2.24. The molecule has 0 aliphatic carbocycles. The molecule has 0 saturated carbocycles. The maximum Gasteiger partial charge on any atom is 0.244 e. The first-order chi connectivity index (χ1) is 13.0. The summed E-state index contributed by atoms with van der Waals surface area (Å²) < 4.78 is 13.0. The van der Waals surface area contributed by atoms with Gasteiger partial charge in [-0.05, 0) is 36.8 Å². The number of carbonyl (C=O) groups is 2. The van der Waals surface area contributed by atoms with Crippen LogP contribution >= 0.6 is 11.3 Å². The second kappa shape index (κ2) is 8.55. The van der Waals surface area contributed by atoms with Crippen LogP contribution in [-0.2, 0) is 22.4 Å². The van der Waals surface area contributed by atoms with Crippen molar-refractivity contribution in [1.82, 2.24) is 15.8 Å². The van der Waals surface area contributed by atoms with Crippen LogP contribution < -0.4 is 10.9 Å². The first kappa shape index (κ1) is 18.7. The standard InChI is InChI=1S/C20H18FN3O2S/c1-13-2-4-14(5-3-13)10-18(25)23-24-19(26)11-17-12-27-20(22-17)15-6-8-16(21)9-7-15/h2-9,12H,10-11H2,1H3,(H,23,25)(H,24,26). The minimum absolute atomic E-state index is 0.0442. The van der Waals surface area contributed by atoms with Crippen molar-refractivity contribution in [2.45, 2.75) is 19.8 Å². The van der Waals surface area contributed by atoms with E-state index in [-0.39, 0.29) is 30.5 Å². The molecule has 0 bridgehead atoms. The molecule has 0 aliphatic heterocycles. The van der Waals surface area contributed by atoms with Gasteiger partial charge in [0.25, 0.3) is 0 Å². The van der Waals surface area contributed by atoms with Crippen molar-refractivity contribution >= 4 is 23.2 Å². The van der Waals surface area contributed by atoms with E-state index in [0.29, 0.717) is 10.7 Å². The SMILES string of the molecule is Cc1ccc(CC(=O)NNC(=O)Cc2csc(-c3ccc(F)cc3)n2)cc1. The molecule has 0 spiro atoms. The molecule has 0 atom stereocenters. The Morgan fingerprint density at radius 1 is 0.963 bits per heavy atom. The maximum atomic E-state index is 13.0. The quantitative estimate of drug-likeness (QED) is 0.665. The summed E-state index contributed by atoms with van der Waals surface area (Å²) in [7, 11) is 0. The molecule has 3 aromatic rings. The number of nitrogens with zero attached hydrogens (tertiary/aromatic N) is 1. The molecule has 138 valence electrons. The van der Waals surface area contributed by atoms with Gasteiger partial charge in [0.05, 0.1) is 18.5 Å². The zero-order chi connectivity index (χ0) is 19.2. The molecule has 2 N–H and O–H groups in total. The Labute approximate surface area is 160 Å². The lowest BCUT2D eigenvalue weighted by Gasteiger charge is -2.07. The van der Waals surface area contributed by atoms with Crippen LogP contribution in [0.5, 0.6) is 0 Å². The molecule has 0 radical (unpaired) electrons. The first-order valence-corrected chi connectivity index (χ1v) is 9.21. The van der Waals surface area contributed by atoms with Crippen molar-refractivity contribution in [2.24, 2.45) is 0 Å². The minimum Gasteiger partial charge on any atom is -0.273 e. The third-order valence-electron chi connectivity index (χ3n) is 3.81. The molecule has 27 heavy (non-hydrogen) atoms. The molecule has 2 aromatic carbocycles. The predicted octanol–water partition coefficient (Wildman–Crippen LogP) is 3.19. The minimum atomic E-state index is -0.358. The zero-order valence-corrected chi connectivity index (χ0v) is 15.5. The zero-order valence-electron chi connectivity index (χ0n) is 14.7. The summed E-state index contributed by atoms with van der Waals surface area (Å²) in [5.74, 6) is -0.961. The van der Waals surface area contributed by atoms with Gasteiger partial charge in [0.15, 0.2) is 0 Å². The maximum absolute atomic E-state index is 13.0. The van der Waals surface area contributed by atoms with E-state index in [2.05, 4.69) is 15.8 Å². The normalized spacial score (nSPS) is 10.4. The molecule has 3 rings (SSSR count). The summed E-state index contributed by atoms with van der Waals surface area (Å²) in [6.07, 6.45) is 0.231. The molecule has 0 unspecified atom stereocenters. The number of benzene rings is 2. The smallest absolute Gasteiger partial charge is 0.244 e. The van der Waals surface area contributed by atoms with Crippen molar-refractivity contribution in [1.29, 1.82) is 0 Å². The third kappa shape index (κ3) is 5.46. The summed E-state index contributed by atoms with van der Waals surface area (Å²) in [5, 5.41) is 2.48. The number of carbonyl (C=O) groups excluding carboxylic acids is 2. The number of hydrogen-bond acceptors (Lipinski definition) is 4. The second-order valence-corrected chi connectivity index (χ2v) is 6.94. The Hall–Kier alpha value is -3.06. The Morgan fingerprint density at radius 2 is 1.59 bits per heavy atom. The van der Waals surface area contributed by atoms with E-state index >= 15 is 0 Å². The summed E-state index contributed by atoms with van der Waals surface area (Å²) >= 11 is 1.38. The van der Waals surface area contributed by atoms with Gasteiger partial charge in [0.1, 0.15) is 10.8 Å². The van der Waals surface area contributed by atoms with Gasteiger partial charge < -0.3 is 0 Å². The van der Waals surface area contributed by atoms with Crippen LogP contribution in [0.4, 0.5) is 4.39 Å². The number of rotatable bonds is 5.